The topological polar surface area (TPSA) is 110 Å². The van der Waals surface area contributed by atoms with Crippen molar-refractivity contribution in [3.05, 3.63) is 46.0 Å². The minimum absolute atomic E-state index is 0.0456. The van der Waals surface area contributed by atoms with Crippen molar-refractivity contribution in [1.29, 1.82) is 0 Å². The van der Waals surface area contributed by atoms with E-state index in [4.69, 9.17) is 5.11 Å². The molecule has 0 saturated carbocycles. The fraction of sp³-hybridized carbons (Fsp3) is 0.286. The van der Waals surface area contributed by atoms with Crippen LogP contribution in [0.4, 0.5) is 5.69 Å². The van der Waals surface area contributed by atoms with Crippen LogP contribution in [0.1, 0.15) is 18.9 Å². The van der Waals surface area contributed by atoms with Gasteiger partial charge in [-0.1, -0.05) is 19.1 Å². The normalized spacial score (nSPS) is 12.0. The molecule has 7 heteroatoms. The van der Waals surface area contributed by atoms with E-state index < -0.39 is 22.7 Å². The van der Waals surface area contributed by atoms with Gasteiger partial charge in [0.2, 0.25) is 5.91 Å². The largest absolute Gasteiger partial charge is 0.481 e. The van der Waals surface area contributed by atoms with Gasteiger partial charge in [-0.15, -0.1) is 0 Å². The highest BCUT2D eigenvalue weighted by molar-refractivity contribution is 5.92. The van der Waals surface area contributed by atoms with Crippen LogP contribution in [-0.2, 0) is 9.59 Å². The van der Waals surface area contributed by atoms with Crippen molar-refractivity contribution in [1.82, 2.24) is 5.32 Å². The fourth-order valence-corrected chi connectivity index (χ4v) is 1.60. The molecule has 0 aliphatic heterocycles. The summed E-state index contributed by atoms with van der Waals surface area (Å²) in [6.45, 7) is 1.77. The summed E-state index contributed by atoms with van der Waals surface area (Å²) in [5.74, 6) is -2.03. The average Bonchev–Trinajstić information content (AvgIpc) is 2.45. The SMILES string of the molecule is CCC(CNC(=O)C=Cc1cccc([N+](=O)[O-])c1)C(=O)O. The third-order valence-electron chi connectivity index (χ3n) is 2.87. The van der Waals surface area contributed by atoms with E-state index in [2.05, 4.69) is 5.32 Å². The Balaban J connectivity index is 2.60. The molecule has 0 bridgehead atoms. The smallest absolute Gasteiger partial charge is 0.308 e. The van der Waals surface area contributed by atoms with E-state index in [9.17, 15) is 19.7 Å². The molecule has 1 aromatic rings. The van der Waals surface area contributed by atoms with E-state index in [0.29, 0.717) is 12.0 Å². The van der Waals surface area contributed by atoms with Crippen LogP contribution in [0.15, 0.2) is 30.3 Å². The van der Waals surface area contributed by atoms with Crippen LogP contribution < -0.4 is 5.32 Å². The van der Waals surface area contributed by atoms with Gasteiger partial charge in [-0.05, 0) is 18.1 Å². The quantitative estimate of drug-likeness (QED) is 0.452. The molecule has 0 heterocycles. The second-order valence-corrected chi connectivity index (χ2v) is 4.37. The van der Waals surface area contributed by atoms with Crippen molar-refractivity contribution in [3.8, 4) is 0 Å². The molecule has 1 rings (SSSR count). The molecule has 1 unspecified atom stereocenters. The molecule has 0 aromatic heterocycles. The van der Waals surface area contributed by atoms with Gasteiger partial charge in [0.05, 0.1) is 10.8 Å². The minimum atomic E-state index is -0.958. The number of rotatable bonds is 7. The summed E-state index contributed by atoms with van der Waals surface area (Å²) in [7, 11) is 0. The number of nitro benzene ring substituents is 1. The Bertz CT molecular complexity index is 568. The van der Waals surface area contributed by atoms with Crippen LogP contribution >= 0.6 is 0 Å². The molecule has 0 fully saturated rings. The predicted molar refractivity (Wildman–Crippen MR) is 76.6 cm³/mol. The van der Waals surface area contributed by atoms with E-state index in [0.717, 1.165) is 0 Å². The van der Waals surface area contributed by atoms with Gasteiger partial charge in [0, 0.05) is 24.8 Å². The molecule has 0 saturated heterocycles. The zero-order chi connectivity index (χ0) is 15.8. The van der Waals surface area contributed by atoms with Crippen LogP contribution in [-0.4, -0.2) is 28.5 Å². The number of non-ortho nitro benzene ring substituents is 1. The van der Waals surface area contributed by atoms with E-state index in [1.54, 1.807) is 13.0 Å². The Morgan fingerprint density at radius 2 is 2.19 bits per heavy atom. The van der Waals surface area contributed by atoms with Gasteiger partial charge in [0.1, 0.15) is 0 Å². The number of nitrogens with one attached hydrogen (secondary N) is 1. The minimum Gasteiger partial charge on any atom is -0.481 e. The molecule has 2 N–H and O–H groups in total. The lowest BCUT2D eigenvalue weighted by molar-refractivity contribution is -0.384. The van der Waals surface area contributed by atoms with Gasteiger partial charge in [0.25, 0.3) is 5.69 Å². The van der Waals surface area contributed by atoms with Crippen molar-refractivity contribution in [2.24, 2.45) is 5.92 Å². The second kappa shape index (κ2) is 7.78. The highest BCUT2D eigenvalue weighted by Gasteiger charge is 2.14. The predicted octanol–water partition coefficient (Wildman–Crippen LogP) is 1.83. The molecular formula is C14H16N2O5. The number of benzene rings is 1. The summed E-state index contributed by atoms with van der Waals surface area (Å²) in [5.41, 5.74) is 0.458. The van der Waals surface area contributed by atoms with Crippen molar-refractivity contribution >= 4 is 23.6 Å². The summed E-state index contributed by atoms with van der Waals surface area (Å²) in [6, 6.07) is 5.85. The summed E-state index contributed by atoms with van der Waals surface area (Å²) in [4.78, 5) is 32.4. The Kier molecular flexibility index (Phi) is 6.06. The average molecular weight is 292 g/mol. The third kappa shape index (κ3) is 5.43. The Morgan fingerprint density at radius 3 is 2.76 bits per heavy atom. The molecule has 1 atom stereocenters. The number of aliphatic carboxylic acids is 1. The van der Waals surface area contributed by atoms with Gasteiger partial charge in [-0.25, -0.2) is 0 Å². The van der Waals surface area contributed by atoms with Crippen LogP contribution in [0.5, 0.6) is 0 Å². The molecule has 7 nitrogen and oxygen atoms in total. The number of hydrogen-bond donors (Lipinski definition) is 2. The zero-order valence-electron chi connectivity index (χ0n) is 11.5. The third-order valence-corrected chi connectivity index (χ3v) is 2.87. The molecular weight excluding hydrogens is 276 g/mol. The van der Waals surface area contributed by atoms with Gasteiger partial charge < -0.3 is 10.4 Å². The van der Waals surface area contributed by atoms with Crippen LogP contribution in [0.2, 0.25) is 0 Å². The molecule has 0 aliphatic rings. The maximum atomic E-state index is 11.6. The number of carbonyl (C=O) groups is 2. The Labute approximate surface area is 121 Å². The lowest BCUT2D eigenvalue weighted by Gasteiger charge is -2.09. The lowest BCUT2D eigenvalue weighted by atomic mass is 10.1. The molecule has 1 amide bonds. The van der Waals surface area contributed by atoms with Crippen molar-refractivity contribution < 1.29 is 19.6 Å². The van der Waals surface area contributed by atoms with Gasteiger partial charge in [-0.3, -0.25) is 19.7 Å². The van der Waals surface area contributed by atoms with Gasteiger partial charge in [0.15, 0.2) is 0 Å². The summed E-state index contributed by atoms with van der Waals surface area (Å²) in [5, 5.41) is 21.9. The summed E-state index contributed by atoms with van der Waals surface area (Å²) in [6.07, 6.45) is 3.07. The first kappa shape index (κ1) is 16.4. The molecule has 0 aliphatic carbocycles. The molecule has 0 spiro atoms. The maximum absolute atomic E-state index is 11.6. The number of hydrogen-bond acceptors (Lipinski definition) is 4. The van der Waals surface area contributed by atoms with Gasteiger partial charge >= 0.3 is 5.97 Å². The Hall–Kier alpha value is -2.70. The van der Waals surface area contributed by atoms with Crippen molar-refractivity contribution in [2.75, 3.05) is 6.54 Å². The van der Waals surface area contributed by atoms with Crippen LogP contribution in [0, 0.1) is 16.0 Å². The first-order chi connectivity index (χ1) is 9.93. The summed E-state index contributed by atoms with van der Waals surface area (Å²) < 4.78 is 0. The first-order valence-electron chi connectivity index (χ1n) is 6.37. The van der Waals surface area contributed by atoms with E-state index >= 15 is 0 Å². The van der Waals surface area contributed by atoms with E-state index in [1.165, 1.54) is 30.4 Å². The van der Waals surface area contributed by atoms with E-state index in [-0.39, 0.29) is 12.2 Å². The van der Waals surface area contributed by atoms with Crippen LogP contribution in [0.25, 0.3) is 6.08 Å². The number of nitro groups is 1. The summed E-state index contributed by atoms with van der Waals surface area (Å²) >= 11 is 0. The van der Waals surface area contributed by atoms with Gasteiger partial charge in [-0.2, -0.15) is 0 Å². The highest BCUT2D eigenvalue weighted by atomic mass is 16.6. The monoisotopic (exact) mass is 292 g/mol. The molecule has 21 heavy (non-hydrogen) atoms. The standard InChI is InChI=1S/C14H16N2O5/c1-2-11(14(18)19)9-15-13(17)7-6-10-4-3-5-12(8-10)16(20)21/h3-8,11H,2,9H2,1H3,(H,15,17)(H,18,19). The number of carbonyl (C=O) groups excluding carboxylic acids is 1. The fourth-order valence-electron chi connectivity index (χ4n) is 1.60. The van der Waals surface area contributed by atoms with Crippen LogP contribution in [0.3, 0.4) is 0 Å². The number of nitrogens with zero attached hydrogens (tertiary/aromatic N) is 1. The Morgan fingerprint density at radius 1 is 1.48 bits per heavy atom. The van der Waals surface area contributed by atoms with Crippen molar-refractivity contribution in [3.63, 3.8) is 0 Å². The number of carboxylic acids is 1. The highest BCUT2D eigenvalue weighted by Crippen LogP contribution is 2.14. The van der Waals surface area contributed by atoms with Crippen molar-refractivity contribution in [2.45, 2.75) is 13.3 Å². The van der Waals surface area contributed by atoms with E-state index in [1.807, 2.05) is 0 Å². The number of carboxylic acid groups (broad SMARTS) is 1. The first-order valence-corrected chi connectivity index (χ1v) is 6.37. The lowest BCUT2D eigenvalue weighted by Crippen LogP contribution is -2.31. The molecule has 112 valence electrons. The number of amides is 1. The zero-order valence-corrected chi connectivity index (χ0v) is 11.5. The molecule has 1 aromatic carbocycles. The maximum Gasteiger partial charge on any atom is 0.308 e. The molecule has 0 radical (unpaired) electrons. The second-order valence-electron chi connectivity index (χ2n) is 4.37.